The Morgan fingerprint density at radius 3 is 2.64 bits per heavy atom. The number of H-pyrrole nitrogens is 2. The number of amides is 1. The van der Waals surface area contributed by atoms with Crippen LogP contribution in [0.2, 0.25) is 0 Å². The van der Waals surface area contributed by atoms with Gasteiger partial charge in [0.1, 0.15) is 29.5 Å². The molecule has 0 radical (unpaired) electrons. The monoisotopic (exact) mass is 606 g/mol. The molecule has 0 saturated heterocycles. The number of aromatic nitrogens is 6. The van der Waals surface area contributed by atoms with Gasteiger partial charge in [-0.05, 0) is 67.0 Å². The number of nitrogens with one attached hydrogen (secondary N) is 3. The van der Waals surface area contributed by atoms with Crippen molar-refractivity contribution in [2.45, 2.75) is 27.2 Å². The second kappa shape index (κ2) is 12.1. The third kappa shape index (κ3) is 6.83. The van der Waals surface area contributed by atoms with Crippen LogP contribution in [-0.2, 0) is 4.79 Å². The zero-order valence-corrected chi connectivity index (χ0v) is 25.9. The van der Waals surface area contributed by atoms with E-state index < -0.39 is 0 Å². The predicted molar refractivity (Wildman–Crippen MR) is 174 cm³/mol. The van der Waals surface area contributed by atoms with E-state index in [9.17, 15) is 9.18 Å². The number of anilines is 1. The van der Waals surface area contributed by atoms with E-state index in [0.29, 0.717) is 47.1 Å². The average molecular weight is 607 g/mol. The van der Waals surface area contributed by atoms with Crippen molar-refractivity contribution in [3.05, 3.63) is 73.1 Å². The molecule has 6 aromatic rings. The highest BCUT2D eigenvalue weighted by atomic mass is 19.1. The van der Waals surface area contributed by atoms with E-state index in [0.717, 1.165) is 39.7 Å². The van der Waals surface area contributed by atoms with E-state index in [1.54, 1.807) is 24.8 Å². The van der Waals surface area contributed by atoms with Crippen molar-refractivity contribution in [3.63, 3.8) is 0 Å². The Bertz CT molecular complexity index is 2010. The first-order valence-electron chi connectivity index (χ1n) is 14.7. The zero-order valence-electron chi connectivity index (χ0n) is 25.9. The average Bonchev–Trinajstić information content (AvgIpc) is 3.59. The van der Waals surface area contributed by atoms with Gasteiger partial charge in [-0.25, -0.2) is 9.37 Å². The van der Waals surface area contributed by atoms with Gasteiger partial charge in [0.15, 0.2) is 0 Å². The molecule has 5 heterocycles. The van der Waals surface area contributed by atoms with Crippen LogP contribution in [-0.4, -0.2) is 68.2 Å². The lowest BCUT2D eigenvalue weighted by Gasteiger charge is -2.17. The highest BCUT2D eigenvalue weighted by Crippen LogP contribution is 2.35. The maximum absolute atomic E-state index is 14.7. The van der Waals surface area contributed by atoms with Gasteiger partial charge in [0.2, 0.25) is 5.91 Å². The Hall–Kier alpha value is -5.16. The van der Waals surface area contributed by atoms with Gasteiger partial charge >= 0.3 is 0 Å². The van der Waals surface area contributed by atoms with Crippen LogP contribution in [0.3, 0.4) is 0 Å². The van der Waals surface area contributed by atoms with E-state index >= 15 is 0 Å². The summed E-state index contributed by atoms with van der Waals surface area (Å²) < 4.78 is 20.5. The summed E-state index contributed by atoms with van der Waals surface area (Å²) in [5.41, 5.74) is 6.26. The number of pyridine rings is 3. The zero-order chi connectivity index (χ0) is 31.7. The summed E-state index contributed by atoms with van der Waals surface area (Å²) in [5, 5.41) is 12.3. The lowest BCUT2D eigenvalue weighted by molar-refractivity contribution is -0.117. The molecule has 0 spiro atoms. The molecule has 1 amide bonds. The number of ether oxygens (including phenoxy) is 1. The molecule has 0 fully saturated rings. The van der Waals surface area contributed by atoms with Crippen molar-refractivity contribution < 1.29 is 13.9 Å². The Morgan fingerprint density at radius 2 is 1.84 bits per heavy atom. The molecule has 230 valence electrons. The van der Waals surface area contributed by atoms with Gasteiger partial charge in [0, 0.05) is 47.8 Å². The van der Waals surface area contributed by atoms with E-state index in [1.165, 1.54) is 12.1 Å². The minimum atomic E-state index is -0.376. The number of fused-ring (bicyclic) bond motifs is 2. The number of halogens is 1. The maximum atomic E-state index is 14.7. The molecule has 0 aliphatic rings. The first-order chi connectivity index (χ1) is 21.5. The molecule has 45 heavy (non-hydrogen) atoms. The fourth-order valence-electron chi connectivity index (χ4n) is 5.17. The number of hydrogen-bond donors (Lipinski definition) is 3. The first-order valence-corrected chi connectivity index (χ1v) is 14.7. The summed E-state index contributed by atoms with van der Waals surface area (Å²) in [7, 11) is 3.92. The summed E-state index contributed by atoms with van der Waals surface area (Å²) in [6.07, 6.45) is 7.15. The van der Waals surface area contributed by atoms with Crippen LogP contribution >= 0.6 is 0 Å². The number of benzene rings is 1. The Labute approximate surface area is 260 Å². The molecule has 3 N–H and O–H groups in total. The largest absolute Gasteiger partial charge is 0.492 e. The molecule has 11 heteroatoms. The topological polar surface area (TPSA) is 125 Å². The van der Waals surface area contributed by atoms with Crippen molar-refractivity contribution in [1.82, 2.24) is 35.0 Å². The van der Waals surface area contributed by atoms with Crippen molar-refractivity contribution in [2.24, 2.45) is 5.41 Å². The predicted octanol–water partition coefficient (Wildman–Crippen LogP) is 6.68. The van der Waals surface area contributed by atoms with Crippen LogP contribution in [0.25, 0.3) is 55.7 Å². The lowest BCUT2D eigenvalue weighted by atomic mass is 9.92. The molecule has 0 unspecified atom stereocenters. The molecule has 0 atom stereocenters. The second-order valence-electron chi connectivity index (χ2n) is 12.6. The van der Waals surface area contributed by atoms with Gasteiger partial charge in [-0.15, -0.1) is 0 Å². The highest BCUT2D eigenvalue weighted by Gasteiger charge is 2.18. The van der Waals surface area contributed by atoms with Crippen molar-refractivity contribution in [3.8, 4) is 39.5 Å². The first kappa shape index (κ1) is 29.9. The molecular weight excluding hydrogens is 571 g/mol. The molecular formula is C34H35FN8O2. The lowest BCUT2D eigenvalue weighted by Crippen LogP contribution is -2.19. The van der Waals surface area contributed by atoms with E-state index in [4.69, 9.17) is 4.74 Å². The van der Waals surface area contributed by atoms with Crippen LogP contribution in [0.1, 0.15) is 27.2 Å². The fraction of sp³-hybridized carbons (Fsp3) is 0.265. The van der Waals surface area contributed by atoms with Crippen molar-refractivity contribution in [2.75, 3.05) is 32.6 Å². The third-order valence-corrected chi connectivity index (χ3v) is 7.23. The summed E-state index contributed by atoms with van der Waals surface area (Å²) in [4.78, 5) is 31.4. The third-order valence-electron chi connectivity index (χ3n) is 7.23. The Morgan fingerprint density at radius 1 is 1.00 bits per heavy atom. The normalized spacial score (nSPS) is 11.9. The van der Waals surface area contributed by atoms with Crippen molar-refractivity contribution in [1.29, 1.82) is 0 Å². The minimum absolute atomic E-state index is 0.0694. The highest BCUT2D eigenvalue weighted by molar-refractivity contribution is 6.00. The number of aromatic amines is 2. The fourth-order valence-corrected chi connectivity index (χ4v) is 5.17. The standard InChI is InChI=1S/C34H35FN8O2/c1-34(2,3)16-31(44)39-23-11-21(17-36-18-23)28-15-27-30(19-38-28)41-42-32(27)29-14-26-25(6-7-37-33(26)40-29)20-10-22(35)13-24(12-20)45-9-8-43(4)5/h6-7,10-15,17-19H,8-9,16H2,1-5H3,(H,37,40)(H,39,44)(H,41,42). The second-order valence-corrected chi connectivity index (χ2v) is 12.6. The number of rotatable bonds is 9. The summed E-state index contributed by atoms with van der Waals surface area (Å²) in [6.45, 7) is 7.23. The summed E-state index contributed by atoms with van der Waals surface area (Å²) in [6, 6.07) is 12.4. The van der Waals surface area contributed by atoms with Gasteiger partial charge in [0.25, 0.3) is 0 Å². The minimum Gasteiger partial charge on any atom is -0.492 e. The Kier molecular flexibility index (Phi) is 8.03. The SMILES string of the molecule is CN(C)CCOc1cc(F)cc(-c2ccnc3[nH]c(-c4n[nH]c5cnc(-c6cncc(NC(=O)CC(C)(C)C)c6)cc45)cc23)c1. The summed E-state index contributed by atoms with van der Waals surface area (Å²) in [5.74, 6) is 0.0250. The van der Waals surface area contributed by atoms with Gasteiger partial charge in [0.05, 0.1) is 35.0 Å². The number of likely N-dealkylation sites (N-methyl/N-ethyl adjacent to an activating group) is 1. The quantitative estimate of drug-likeness (QED) is 0.168. The molecule has 0 saturated carbocycles. The Balaban J connectivity index is 1.33. The number of carbonyl (C=O) groups is 1. The van der Waals surface area contributed by atoms with Gasteiger partial charge in [-0.1, -0.05) is 20.8 Å². The van der Waals surface area contributed by atoms with E-state index in [2.05, 4.69) is 35.5 Å². The number of nitrogens with zero attached hydrogens (tertiary/aromatic N) is 5. The molecule has 5 aromatic heterocycles. The van der Waals surface area contributed by atoms with E-state index in [1.807, 2.05) is 70.1 Å². The van der Waals surface area contributed by atoms with Crippen molar-refractivity contribution >= 4 is 33.5 Å². The smallest absolute Gasteiger partial charge is 0.224 e. The van der Waals surface area contributed by atoms with Crippen LogP contribution < -0.4 is 10.1 Å². The molecule has 6 rings (SSSR count). The van der Waals surface area contributed by atoms with Gasteiger partial charge in [-0.2, -0.15) is 5.10 Å². The van der Waals surface area contributed by atoms with Gasteiger partial charge < -0.3 is 19.9 Å². The number of carbonyl (C=O) groups excluding carboxylic acids is 1. The molecule has 0 bridgehead atoms. The van der Waals surface area contributed by atoms with Crippen LogP contribution in [0, 0.1) is 11.2 Å². The molecule has 10 nitrogen and oxygen atoms in total. The molecule has 1 aromatic carbocycles. The van der Waals surface area contributed by atoms with Crippen LogP contribution in [0.5, 0.6) is 5.75 Å². The van der Waals surface area contributed by atoms with Gasteiger partial charge in [-0.3, -0.25) is 19.9 Å². The molecule has 0 aliphatic carbocycles. The van der Waals surface area contributed by atoms with Crippen LogP contribution in [0.15, 0.2) is 67.3 Å². The van der Waals surface area contributed by atoms with Crippen LogP contribution in [0.4, 0.5) is 10.1 Å². The number of hydrogen-bond acceptors (Lipinski definition) is 7. The summed E-state index contributed by atoms with van der Waals surface area (Å²) >= 11 is 0. The maximum Gasteiger partial charge on any atom is 0.224 e. The van der Waals surface area contributed by atoms with E-state index in [-0.39, 0.29) is 17.1 Å². The molecule has 0 aliphatic heterocycles.